The van der Waals surface area contributed by atoms with E-state index in [1.807, 2.05) is 6.07 Å². The van der Waals surface area contributed by atoms with Crippen molar-refractivity contribution in [2.24, 2.45) is 0 Å². The average Bonchev–Trinajstić information content (AvgIpc) is 2.82. The minimum absolute atomic E-state index is 0.193. The first-order valence-corrected chi connectivity index (χ1v) is 5.85. The van der Waals surface area contributed by atoms with Gasteiger partial charge in [-0.05, 0) is 19.4 Å². The molecule has 19 heavy (non-hydrogen) atoms. The maximum Gasteiger partial charge on any atom is 0.328 e. The van der Waals surface area contributed by atoms with Gasteiger partial charge in [0.1, 0.15) is 5.54 Å². The molecule has 0 radical (unpaired) electrons. The van der Waals surface area contributed by atoms with Crippen molar-refractivity contribution in [1.82, 2.24) is 15.5 Å². The fraction of sp³-hybridized carbons (Fsp3) is 0.308. The Bertz CT molecular complexity index is 568. The molecule has 1 heterocycles. The molecule has 1 unspecified atom stereocenters. The number of benzene rings is 1. The first kappa shape index (κ1) is 13.2. The van der Waals surface area contributed by atoms with Gasteiger partial charge < -0.3 is 9.63 Å². The Balaban J connectivity index is 2.19. The molecule has 1 aromatic carbocycles. The van der Waals surface area contributed by atoms with Crippen molar-refractivity contribution in [1.29, 1.82) is 0 Å². The van der Waals surface area contributed by atoms with Gasteiger partial charge in [0.2, 0.25) is 5.89 Å². The first-order valence-electron chi connectivity index (χ1n) is 5.85. The highest BCUT2D eigenvalue weighted by Gasteiger charge is 2.34. The van der Waals surface area contributed by atoms with Crippen LogP contribution in [0.3, 0.4) is 0 Å². The van der Waals surface area contributed by atoms with Crippen LogP contribution in [0, 0.1) is 6.92 Å². The number of carbonyl (C=O) groups is 1. The predicted octanol–water partition coefficient (Wildman–Crippen LogP) is 1.47. The lowest BCUT2D eigenvalue weighted by molar-refractivity contribution is -0.144. The standard InChI is InChI=1S/C13H15N3O3/c1-9-15-11(19-16-9)8-14-13(2,12(17)18)10-6-4-3-5-7-10/h3-7,14H,8H2,1-2H3,(H,17,18). The van der Waals surface area contributed by atoms with Crippen LogP contribution in [-0.4, -0.2) is 21.2 Å². The summed E-state index contributed by atoms with van der Waals surface area (Å²) in [7, 11) is 0. The lowest BCUT2D eigenvalue weighted by Gasteiger charge is -2.26. The topological polar surface area (TPSA) is 88.2 Å². The van der Waals surface area contributed by atoms with Crippen molar-refractivity contribution < 1.29 is 14.4 Å². The molecule has 0 aliphatic carbocycles. The van der Waals surface area contributed by atoms with Crippen LogP contribution in [0.25, 0.3) is 0 Å². The smallest absolute Gasteiger partial charge is 0.328 e. The second kappa shape index (κ2) is 5.19. The average molecular weight is 261 g/mol. The van der Waals surface area contributed by atoms with Gasteiger partial charge in [-0.2, -0.15) is 4.98 Å². The molecule has 0 fully saturated rings. The highest BCUT2D eigenvalue weighted by atomic mass is 16.5. The number of aliphatic carboxylic acids is 1. The molecule has 0 saturated carbocycles. The predicted molar refractivity (Wildman–Crippen MR) is 67.3 cm³/mol. The van der Waals surface area contributed by atoms with Crippen molar-refractivity contribution in [3.8, 4) is 0 Å². The van der Waals surface area contributed by atoms with Gasteiger partial charge in [0.05, 0.1) is 6.54 Å². The van der Waals surface area contributed by atoms with Gasteiger partial charge in [0.25, 0.3) is 0 Å². The number of aryl methyl sites for hydroxylation is 1. The number of nitrogens with zero attached hydrogens (tertiary/aromatic N) is 2. The maximum atomic E-state index is 11.5. The number of nitrogens with one attached hydrogen (secondary N) is 1. The fourth-order valence-corrected chi connectivity index (χ4v) is 1.74. The van der Waals surface area contributed by atoms with Crippen LogP contribution >= 0.6 is 0 Å². The highest BCUT2D eigenvalue weighted by Crippen LogP contribution is 2.21. The largest absolute Gasteiger partial charge is 0.480 e. The highest BCUT2D eigenvalue weighted by molar-refractivity contribution is 5.80. The zero-order valence-electron chi connectivity index (χ0n) is 10.8. The molecule has 0 bridgehead atoms. The third-order valence-electron chi connectivity index (χ3n) is 2.94. The fourth-order valence-electron chi connectivity index (χ4n) is 1.74. The van der Waals surface area contributed by atoms with Crippen LogP contribution in [0.5, 0.6) is 0 Å². The van der Waals surface area contributed by atoms with Gasteiger partial charge in [0.15, 0.2) is 5.82 Å². The van der Waals surface area contributed by atoms with Crippen molar-refractivity contribution >= 4 is 5.97 Å². The summed E-state index contributed by atoms with van der Waals surface area (Å²) in [5.41, 5.74) is -0.539. The Labute approximate surface area is 110 Å². The van der Waals surface area contributed by atoms with Gasteiger partial charge in [-0.1, -0.05) is 35.5 Å². The molecule has 2 rings (SSSR count). The normalized spacial score (nSPS) is 14.0. The number of rotatable bonds is 5. The molecule has 0 saturated heterocycles. The Hall–Kier alpha value is -2.21. The van der Waals surface area contributed by atoms with Gasteiger partial charge in [-0.25, -0.2) is 4.79 Å². The first-order chi connectivity index (χ1) is 9.02. The summed E-state index contributed by atoms with van der Waals surface area (Å²) in [6.07, 6.45) is 0. The van der Waals surface area contributed by atoms with E-state index in [1.165, 1.54) is 0 Å². The second-order valence-corrected chi connectivity index (χ2v) is 4.39. The molecule has 2 N–H and O–H groups in total. The third-order valence-corrected chi connectivity index (χ3v) is 2.94. The Morgan fingerprint density at radius 3 is 2.63 bits per heavy atom. The lowest BCUT2D eigenvalue weighted by atomic mass is 9.92. The van der Waals surface area contributed by atoms with Gasteiger partial charge in [0, 0.05) is 0 Å². The molecule has 0 spiro atoms. The van der Waals surface area contributed by atoms with Crippen LogP contribution in [0.15, 0.2) is 34.9 Å². The summed E-state index contributed by atoms with van der Waals surface area (Å²) < 4.78 is 4.96. The quantitative estimate of drug-likeness (QED) is 0.847. The Morgan fingerprint density at radius 2 is 2.11 bits per heavy atom. The van der Waals surface area contributed by atoms with Crippen molar-refractivity contribution in [3.63, 3.8) is 0 Å². The van der Waals surface area contributed by atoms with Crippen LogP contribution in [0.1, 0.15) is 24.2 Å². The monoisotopic (exact) mass is 261 g/mol. The summed E-state index contributed by atoms with van der Waals surface area (Å²) >= 11 is 0. The van der Waals surface area contributed by atoms with Crippen LogP contribution in [0.4, 0.5) is 0 Å². The molecule has 2 aromatic rings. The minimum atomic E-state index is -1.20. The Morgan fingerprint density at radius 1 is 1.42 bits per heavy atom. The molecule has 0 aliphatic rings. The number of hydrogen-bond acceptors (Lipinski definition) is 5. The molecule has 1 atom stereocenters. The van der Waals surface area contributed by atoms with Crippen molar-refractivity contribution in [2.45, 2.75) is 25.9 Å². The summed E-state index contributed by atoms with van der Waals surface area (Å²) in [6.45, 7) is 3.51. The number of carboxylic acids is 1. The lowest BCUT2D eigenvalue weighted by Crippen LogP contribution is -2.46. The molecular formula is C13H15N3O3. The van der Waals surface area contributed by atoms with Crippen LogP contribution in [0.2, 0.25) is 0 Å². The number of aromatic nitrogens is 2. The van der Waals surface area contributed by atoms with E-state index in [0.717, 1.165) is 0 Å². The van der Waals surface area contributed by atoms with E-state index >= 15 is 0 Å². The number of carboxylic acid groups (broad SMARTS) is 1. The van der Waals surface area contributed by atoms with Gasteiger partial charge in [-0.15, -0.1) is 0 Å². The van der Waals surface area contributed by atoms with E-state index in [1.54, 1.807) is 38.1 Å². The van der Waals surface area contributed by atoms with Crippen molar-refractivity contribution in [2.75, 3.05) is 0 Å². The molecule has 6 heteroatoms. The van der Waals surface area contributed by atoms with E-state index in [0.29, 0.717) is 17.3 Å². The molecule has 1 aromatic heterocycles. The van der Waals surface area contributed by atoms with E-state index in [2.05, 4.69) is 15.5 Å². The Kier molecular flexibility index (Phi) is 3.62. The minimum Gasteiger partial charge on any atom is -0.480 e. The number of hydrogen-bond donors (Lipinski definition) is 2. The summed E-state index contributed by atoms with van der Waals surface area (Å²) in [6, 6.07) is 8.97. The summed E-state index contributed by atoms with van der Waals surface area (Å²) in [4.78, 5) is 15.6. The van der Waals surface area contributed by atoms with E-state index < -0.39 is 11.5 Å². The van der Waals surface area contributed by atoms with Gasteiger partial charge >= 0.3 is 5.97 Å². The second-order valence-electron chi connectivity index (χ2n) is 4.39. The van der Waals surface area contributed by atoms with Crippen molar-refractivity contribution in [3.05, 3.63) is 47.6 Å². The van der Waals surface area contributed by atoms with E-state index in [9.17, 15) is 9.90 Å². The summed E-state index contributed by atoms with van der Waals surface area (Å²) in [5, 5.41) is 16.0. The third kappa shape index (κ3) is 2.79. The van der Waals surface area contributed by atoms with Crippen LogP contribution in [-0.2, 0) is 16.9 Å². The van der Waals surface area contributed by atoms with Gasteiger partial charge in [-0.3, -0.25) is 5.32 Å². The maximum absolute atomic E-state index is 11.5. The summed E-state index contributed by atoms with van der Waals surface area (Å²) in [5.74, 6) is -0.0793. The molecule has 6 nitrogen and oxygen atoms in total. The zero-order valence-corrected chi connectivity index (χ0v) is 10.8. The van der Waals surface area contributed by atoms with Crippen LogP contribution < -0.4 is 5.32 Å². The molecule has 100 valence electrons. The zero-order chi connectivity index (χ0) is 13.9. The molecular weight excluding hydrogens is 246 g/mol. The molecule has 0 aliphatic heterocycles. The van der Waals surface area contributed by atoms with E-state index in [-0.39, 0.29) is 6.54 Å². The molecule has 0 amide bonds. The van der Waals surface area contributed by atoms with E-state index in [4.69, 9.17) is 4.52 Å². The SMILES string of the molecule is Cc1noc(CNC(C)(C(=O)O)c2ccccc2)n1.